The standard InChI is InChI=1S/C8H10BrN5/c1-13-6-10-3-8(13)5-14-4-7(2-9)11-12-14/h3-4,6H,2,5H2,1H3. The van der Waals surface area contributed by atoms with Crippen LogP contribution >= 0.6 is 15.9 Å². The van der Waals surface area contributed by atoms with Gasteiger partial charge in [0.25, 0.3) is 0 Å². The summed E-state index contributed by atoms with van der Waals surface area (Å²) in [6, 6.07) is 0. The first-order valence-corrected chi connectivity index (χ1v) is 5.32. The van der Waals surface area contributed by atoms with E-state index >= 15 is 0 Å². The van der Waals surface area contributed by atoms with E-state index in [1.165, 1.54) is 0 Å². The Labute approximate surface area is 89.9 Å². The van der Waals surface area contributed by atoms with Crippen LogP contribution in [0, 0.1) is 0 Å². The average molecular weight is 256 g/mol. The van der Waals surface area contributed by atoms with Crippen molar-refractivity contribution in [1.82, 2.24) is 24.5 Å². The van der Waals surface area contributed by atoms with E-state index in [-0.39, 0.29) is 0 Å². The number of alkyl halides is 1. The van der Waals surface area contributed by atoms with Gasteiger partial charge in [-0.3, -0.25) is 0 Å². The summed E-state index contributed by atoms with van der Waals surface area (Å²) in [5, 5.41) is 8.71. The second-order valence-electron chi connectivity index (χ2n) is 3.04. The third-order valence-electron chi connectivity index (χ3n) is 1.96. The summed E-state index contributed by atoms with van der Waals surface area (Å²) in [7, 11) is 1.96. The van der Waals surface area contributed by atoms with Crippen molar-refractivity contribution in [3.63, 3.8) is 0 Å². The van der Waals surface area contributed by atoms with Gasteiger partial charge in [0.05, 0.1) is 30.5 Å². The molecule has 0 fully saturated rings. The van der Waals surface area contributed by atoms with Crippen LogP contribution in [0.1, 0.15) is 11.4 Å². The van der Waals surface area contributed by atoms with E-state index in [0.717, 1.165) is 16.7 Å². The van der Waals surface area contributed by atoms with Gasteiger partial charge in [-0.25, -0.2) is 9.67 Å². The van der Waals surface area contributed by atoms with Crippen LogP contribution in [0.4, 0.5) is 0 Å². The molecule has 0 N–H and O–H groups in total. The third kappa shape index (κ3) is 1.84. The van der Waals surface area contributed by atoms with Gasteiger partial charge >= 0.3 is 0 Å². The first-order valence-electron chi connectivity index (χ1n) is 4.20. The molecule has 2 rings (SSSR count). The lowest BCUT2D eigenvalue weighted by Crippen LogP contribution is -2.04. The van der Waals surface area contributed by atoms with Gasteiger partial charge in [-0.1, -0.05) is 21.1 Å². The first kappa shape index (κ1) is 9.39. The molecule has 2 aromatic heterocycles. The summed E-state index contributed by atoms with van der Waals surface area (Å²) in [5.41, 5.74) is 2.04. The molecule has 74 valence electrons. The lowest BCUT2D eigenvalue weighted by molar-refractivity contribution is 0.620. The molecule has 0 aliphatic carbocycles. The molecule has 0 aliphatic heterocycles. The molecular formula is C8H10BrN5. The fourth-order valence-corrected chi connectivity index (χ4v) is 1.44. The highest BCUT2D eigenvalue weighted by Crippen LogP contribution is 2.03. The van der Waals surface area contributed by atoms with Crippen molar-refractivity contribution in [3.05, 3.63) is 30.1 Å². The van der Waals surface area contributed by atoms with E-state index in [9.17, 15) is 0 Å². The Hall–Kier alpha value is -1.17. The van der Waals surface area contributed by atoms with Gasteiger partial charge in [0.2, 0.25) is 0 Å². The number of halogens is 1. The highest BCUT2D eigenvalue weighted by Gasteiger charge is 2.02. The van der Waals surface area contributed by atoms with Gasteiger partial charge in [-0.2, -0.15) is 0 Å². The quantitative estimate of drug-likeness (QED) is 0.768. The molecule has 2 heterocycles. The van der Waals surface area contributed by atoms with E-state index in [0.29, 0.717) is 6.54 Å². The second-order valence-corrected chi connectivity index (χ2v) is 3.60. The van der Waals surface area contributed by atoms with Gasteiger partial charge in [-0.05, 0) is 0 Å². The fraction of sp³-hybridized carbons (Fsp3) is 0.375. The normalized spacial score (nSPS) is 10.7. The van der Waals surface area contributed by atoms with Crippen LogP contribution < -0.4 is 0 Å². The zero-order valence-electron chi connectivity index (χ0n) is 7.76. The Balaban J connectivity index is 2.15. The Kier molecular flexibility index (Phi) is 2.62. The SMILES string of the molecule is Cn1cncc1Cn1cc(CBr)nn1. The molecule has 14 heavy (non-hydrogen) atoms. The first-order chi connectivity index (χ1) is 6.79. The molecule has 5 nitrogen and oxygen atoms in total. The highest BCUT2D eigenvalue weighted by molar-refractivity contribution is 9.08. The van der Waals surface area contributed by atoms with E-state index in [4.69, 9.17) is 0 Å². The topological polar surface area (TPSA) is 48.5 Å². The maximum atomic E-state index is 4.04. The zero-order chi connectivity index (χ0) is 9.97. The van der Waals surface area contributed by atoms with Gasteiger partial charge in [0, 0.05) is 18.6 Å². The number of hydrogen-bond donors (Lipinski definition) is 0. The number of aromatic nitrogens is 5. The maximum absolute atomic E-state index is 4.04. The predicted molar refractivity (Wildman–Crippen MR) is 55.0 cm³/mol. The van der Waals surface area contributed by atoms with Crippen molar-refractivity contribution in [3.8, 4) is 0 Å². The molecule has 6 heteroatoms. The van der Waals surface area contributed by atoms with Crippen LogP contribution in [0.25, 0.3) is 0 Å². The number of rotatable bonds is 3. The molecule has 0 spiro atoms. The Morgan fingerprint density at radius 2 is 2.36 bits per heavy atom. The summed E-state index contributed by atoms with van der Waals surface area (Å²) in [5.74, 6) is 0. The molecule has 0 atom stereocenters. The third-order valence-corrected chi connectivity index (χ3v) is 2.54. The van der Waals surface area contributed by atoms with Crippen molar-refractivity contribution in [2.45, 2.75) is 11.9 Å². The van der Waals surface area contributed by atoms with Crippen LogP contribution in [-0.2, 0) is 18.9 Å². The Bertz CT molecular complexity index is 419. The lowest BCUT2D eigenvalue weighted by atomic mass is 10.4. The zero-order valence-corrected chi connectivity index (χ0v) is 9.35. The van der Waals surface area contributed by atoms with E-state index < -0.39 is 0 Å². The molecule has 0 unspecified atom stereocenters. The lowest BCUT2D eigenvalue weighted by Gasteiger charge is -2.00. The summed E-state index contributed by atoms with van der Waals surface area (Å²) in [4.78, 5) is 4.04. The minimum Gasteiger partial charge on any atom is -0.336 e. The summed E-state index contributed by atoms with van der Waals surface area (Å²) < 4.78 is 3.77. The molecular weight excluding hydrogens is 246 g/mol. The second kappa shape index (κ2) is 3.91. The molecule has 0 bridgehead atoms. The fourth-order valence-electron chi connectivity index (χ4n) is 1.18. The van der Waals surface area contributed by atoms with Crippen LogP contribution in [-0.4, -0.2) is 24.5 Å². The molecule has 0 aliphatic rings. The molecule has 0 radical (unpaired) electrons. The molecule has 2 aromatic rings. The Morgan fingerprint density at radius 1 is 1.50 bits per heavy atom. The van der Waals surface area contributed by atoms with E-state index in [2.05, 4.69) is 31.2 Å². The van der Waals surface area contributed by atoms with Crippen molar-refractivity contribution >= 4 is 15.9 Å². The number of imidazole rings is 1. The smallest absolute Gasteiger partial charge is 0.0946 e. The number of hydrogen-bond acceptors (Lipinski definition) is 3. The van der Waals surface area contributed by atoms with Crippen LogP contribution in [0.3, 0.4) is 0 Å². The van der Waals surface area contributed by atoms with Crippen molar-refractivity contribution in [1.29, 1.82) is 0 Å². The van der Waals surface area contributed by atoms with Gasteiger partial charge in [0.1, 0.15) is 0 Å². The summed E-state index contributed by atoms with van der Waals surface area (Å²) >= 11 is 3.33. The van der Waals surface area contributed by atoms with Gasteiger partial charge < -0.3 is 4.57 Å². The number of nitrogens with zero attached hydrogens (tertiary/aromatic N) is 5. The van der Waals surface area contributed by atoms with E-state index in [1.54, 1.807) is 11.0 Å². The van der Waals surface area contributed by atoms with E-state index in [1.807, 2.05) is 24.0 Å². The average Bonchev–Trinajstić information content (AvgIpc) is 2.77. The molecule has 0 amide bonds. The minimum atomic E-state index is 0.705. The predicted octanol–water partition coefficient (Wildman–Crippen LogP) is 0.955. The monoisotopic (exact) mass is 255 g/mol. The van der Waals surface area contributed by atoms with Crippen LogP contribution in [0.15, 0.2) is 18.7 Å². The molecule has 0 saturated heterocycles. The number of aryl methyl sites for hydroxylation is 1. The van der Waals surface area contributed by atoms with Crippen LogP contribution in [0.5, 0.6) is 0 Å². The van der Waals surface area contributed by atoms with Crippen molar-refractivity contribution < 1.29 is 0 Å². The van der Waals surface area contributed by atoms with Gasteiger partial charge in [0.15, 0.2) is 0 Å². The molecule has 0 aromatic carbocycles. The van der Waals surface area contributed by atoms with Crippen molar-refractivity contribution in [2.75, 3.05) is 0 Å². The minimum absolute atomic E-state index is 0.705. The van der Waals surface area contributed by atoms with Gasteiger partial charge in [-0.15, -0.1) is 5.10 Å². The Morgan fingerprint density at radius 3 is 2.93 bits per heavy atom. The maximum Gasteiger partial charge on any atom is 0.0946 e. The van der Waals surface area contributed by atoms with Crippen molar-refractivity contribution in [2.24, 2.45) is 7.05 Å². The highest BCUT2D eigenvalue weighted by atomic mass is 79.9. The molecule has 0 saturated carbocycles. The largest absolute Gasteiger partial charge is 0.336 e. The summed E-state index contributed by atoms with van der Waals surface area (Å²) in [6.07, 6.45) is 5.52. The van der Waals surface area contributed by atoms with Crippen LogP contribution in [0.2, 0.25) is 0 Å². The summed E-state index contributed by atoms with van der Waals surface area (Å²) in [6.45, 7) is 0.705.